The van der Waals surface area contributed by atoms with Crippen molar-refractivity contribution in [3.8, 4) is 0 Å². The normalized spacial score (nSPS) is 6.58. The van der Waals surface area contributed by atoms with Gasteiger partial charge in [-0.2, -0.15) is 6.92 Å². The van der Waals surface area contributed by atoms with Gasteiger partial charge in [0, 0.05) is 32.9 Å². The molecule has 0 aromatic carbocycles. The van der Waals surface area contributed by atoms with Gasteiger partial charge in [-0.05, 0) is 0 Å². The van der Waals surface area contributed by atoms with Crippen LogP contribution in [0.1, 0.15) is 19.8 Å². The molecular formula is C12H20Cl3O8Ti-. The summed E-state index contributed by atoms with van der Waals surface area (Å²) in [6.07, 6.45) is -1.01. The third-order valence-electron chi connectivity index (χ3n) is 1.33. The molecular weight excluding hydrogens is 426 g/mol. The van der Waals surface area contributed by atoms with Crippen LogP contribution in [-0.4, -0.2) is 44.3 Å². The summed E-state index contributed by atoms with van der Waals surface area (Å²) in [7, 11) is 0. The Morgan fingerprint density at radius 2 is 0.875 bits per heavy atom. The van der Waals surface area contributed by atoms with Gasteiger partial charge >= 0.3 is 23.9 Å². The molecule has 0 saturated carbocycles. The van der Waals surface area contributed by atoms with Crippen LogP contribution in [0.4, 0.5) is 0 Å². The number of carbonyl (C=O) groups is 4. The van der Waals surface area contributed by atoms with Crippen LogP contribution in [-0.2, 0) is 40.9 Å². The molecule has 24 heavy (non-hydrogen) atoms. The Hall–Kier alpha value is -1.06. The maximum absolute atomic E-state index is 9.87. The fourth-order valence-corrected chi connectivity index (χ4v) is 0.516. The smallest absolute Gasteiger partial charge is 0.331 e. The van der Waals surface area contributed by atoms with Gasteiger partial charge in [-0.3, -0.25) is 9.59 Å². The van der Waals surface area contributed by atoms with Crippen molar-refractivity contribution in [3.05, 3.63) is 31.2 Å². The average molecular weight is 447 g/mol. The molecule has 0 unspecified atom stereocenters. The Morgan fingerprint density at radius 3 is 0.917 bits per heavy atom. The molecule has 0 aromatic heterocycles. The fraction of sp³-hybridized carbons (Fsp3) is 0.250. The monoisotopic (exact) mass is 445 g/mol. The van der Waals surface area contributed by atoms with Crippen LogP contribution in [0.25, 0.3) is 0 Å². The SMILES string of the molecule is C=C(CC(=O)O)C(=O)O.C=C(CC(=O)O)C(=O)O.Cl.Cl.Cl.[CH2-]C.[Ti]. The largest absolute Gasteiger partial charge is 0.481 e. The summed E-state index contributed by atoms with van der Waals surface area (Å²) < 4.78 is 0. The minimum atomic E-state index is -1.27. The van der Waals surface area contributed by atoms with Gasteiger partial charge in [0.15, 0.2) is 0 Å². The summed E-state index contributed by atoms with van der Waals surface area (Å²) in [6, 6.07) is 0. The molecule has 0 heterocycles. The second-order valence-electron chi connectivity index (χ2n) is 2.96. The van der Waals surface area contributed by atoms with Gasteiger partial charge in [-0.15, -0.1) is 37.2 Å². The van der Waals surface area contributed by atoms with E-state index in [1.165, 1.54) is 0 Å². The first-order valence-corrected chi connectivity index (χ1v) is 5.04. The van der Waals surface area contributed by atoms with Crippen molar-refractivity contribution < 1.29 is 61.3 Å². The summed E-state index contributed by atoms with van der Waals surface area (Å²) in [5, 5.41) is 32.2. The zero-order valence-electron chi connectivity index (χ0n) is 12.7. The van der Waals surface area contributed by atoms with Crippen LogP contribution < -0.4 is 0 Å². The molecule has 0 aliphatic heterocycles. The van der Waals surface area contributed by atoms with Crippen LogP contribution >= 0.6 is 37.2 Å². The Labute approximate surface area is 173 Å². The van der Waals surface area contributed by atoms with E-state index in [0.717, 1.165) is 0 Å². The summed E-state index contributed by atoms with van der Waals surface area (Å²) in [5.74, 6) is -4.89. The fourth-order valence-electron chi connectivity index (χ4n) is 0.516. The third-order valence-corrected chi connectivity index (χ3v) is 1.33. The van der Waals surface area contributed by atoms with E-state index in [-0.39, 0.29) is 70.1 Å². The van der Waals surface area contributed by atoms with E-state index >= 15 is 0 Å². The van der Waals surface area contributed by atoms with E-state index in [1.54, 1.807) is 6.92 Å². The number of rotatable bonds is 6. The van der Waals surface area contributed by atoms with Crippen molar-refractivity contribution in [2.45, 2.75) is 19.8 Å². The zero-order chi connectivity index (χ0) is 16.9. The maximum atomic E-state index is 9.87. The molecule has 0 aliphatic rings. The van der Waals surface area contributed by atoms with Gasteiger partial charge in [0.2, 0.25) is 0 Å². The molecule has 0 atom stereocenters. The van der Waals surface area contributed by atoms with Crippen molar-refractivity contribution in [1.29, 1.82) is 0 Å². The van der Waals surface area contributed by atoms with Gasteiger partial charge < -0.3 is 27.3 Å². The number of carboxylic acids is 4. The van der Waals surface area contributed by atoms with Crippen LogP contribution in [0.5, 0.6) is 0 Å². The number of aliphatic carboxylic acids is 4. The van der Waals surface area contributed by atoms with E-state index < -0.39 is 36.7 Å². The second kappa shape index (κ2) is 26.8. The molecule has 0 saturated heterocycles. The quantitative estimate of drug-likeness (QED) is 0.276. The van der Waals surface area contributed by atoms with Crippen LogP contribution in [0.15, 0.2) is 24.3 Å². The van der Waals surface area contributed by atoms with Gasteiger partial charge in [0.05, 0.1) is 12.8 Å². The number of hydrogen-bond donors (Lipinski definition) is 4. The first kappa shape index (κ1) is 43.5. The summed E-state index contributed by atoms with van der Waals surface area (Å²) in [4.78, 5) is 39.3. The minimum Gasteiger partial charge on any atom is -0.481 e. The predicted molar refractivity (Wildman–Crippen MR) is 90.8 cm³/mol. The van der Waals surface area contributed by atoms with Gasteiger partial charge in [0.1, 0.15) is 0 Å². The molecule has 0 radical (unpaired) electrons. The molecule has 0 aromatic rings. The molecule has 0 spiro atoms. The minimum absolute atomic E-state index is 0. The van der Waals surface area contributed by atoms with Crippen LogP contribution in [0, 0.1) is 6.92 Å². The molecule has 8 nitrogen and oxygen atoms in total. The first-order valence-electron chi connectivity index (χ1n) is 5.04. The molecule has 12 heteroatoms. The maximum Gasteiger partial charge on any atom is 0.331 e. The third kappa shape index (κ3) is 37.3. The Kier molecular flexibility index (Phi) is 48.6. The topological polar surface area (TPSA) is 149 Å². The molecule has 0 rings (SSSR count). The van der Waals surface area contributed by atoms with E-state index in [9.17, 15) is 19.2 Å². The molecule has 4 N–H and O–H groups in total. The van der Waals surface area contributed by atoms with E-state index in [0.29, 0.717) is 0 Å². The predicted octanol–water partition coefficient (Wildman–Crippen LogP) is 2.31. The van der Waals surface area contributed by atoms with Gasteiger partial charge in [0.25, 0.3) is 0 Å². The molecule has 142 valence electrons. The number of hydrogen-bond acceptors (Lipinski definition) is 4. The standard InChI is InChI=1S/2C5H6O4.C2H5.3ClH.Ti/c2*1-3(5(8)9)2-4(6)7;1-2;;;;/h2*1-2H2,(H,6,7)(H,8,9);1H2,2H3;3*1H;/q;;-1;;;;. The van der Waals surface area contributed by atoms with Crippen molar-refractivity contribution in [1.82, 2.24) is 0 Å². The van der Waals surface area contributed by atoms with Crippen molar-refractivity contribution in [3.63, 3.8) is 0 Å². The Morgan fingerprint density at radius 1 is 0.708 bits per heavy atom. The van der Waals surface area contributed by atoms with Gasteiger partial charge in [-0.1, -0.05) is 13.2 Å². The summed E-state index contributed by atoms with van der Waals surface area (Å²) in [5.41, 5.74) is -0.606. The van der Waals surface area contributed by atoms with Gasteiger partial charge in [-0.25, -0.2) is 9.59 Å². The Bertz CT molecular complexity index is 375. The first-order chi connectivity index (χ1) is 9.07. The summed E-state index contributed by atoms with van der Waals surface area (Å²) in [6.45, 7) is 11.0. The number of halogens is 3. The molecule has 0 bridgehead atoms. The van der Waals surface area contributed by atoms with Crippen LogP contribution in [0.2, 0.25) is 0 Å². The van der Waals surface area contributed by atoms with Crippen molar-refractivity contribution in [2.75, 3.05) is 0 Å². The number of carboxylic acid groups (broad SMARTS) is 4. The molecule has 0 fully saturated rings. The Balaban J connectivity index is -0.0000000378. The van der Waals surface area contributed by atoms with Crippen LogP contribution in [0.3, 0.4) is 0 Å². The van der Waals surface area contributed by atoms with E-state index in [4.69, 9.17) is 20.4 Å². The molecule has 0 aliphatic carbocycles. The molecule has 0 amide bonds. The second-order valence-corrected chi connectivity index (χ2v) is 2.96. The zero-order valence-corrected chi connectivity index (χ0v) is 16.7. The van der Waals surface area contributed by atoms with Crippen molar-refractivity contribution >= 4 is 61.1 Å². The summed E-state index contributed by atoms with van der Waals surface area (Å²) >= 11 is 0. The average Bonchev–Trinajstić information content (AvgIpc) is 2.30. The van der Waals surface area contributed by atoms with Crippen molar-refractivity contribution in [2.24, 2.45) is 0 Å². The van der Waals surface area contributed by atoms with E-state index in [1.807, 2.05) is 0 Å². The van der Waals surface area contributed by atoms with E-state index in [2.05, 4.69) is 20.1 Å².